The maximum Gasteiger partial charge on any atom is 0.200 e. The van der Waals surface area contributed by atoms with Crippen molar-refractivity contribution in [1.29, 1.82) is 0 Å². The molecule has 4 heteroatoms. The zero-order chi connectivity index (χ0) is 10.9. The van der Waals surface area contributed by atoms with Gasteiger partial charge in [0, 0.05) is 11.6 Å². The van der Waals surface area contributed by atoms with Crippen LogP contribution in [0.3, 0.4) is 0 Å². The lowest BCUT2D eigenvalue weighted by molar-refractivity contribution is 0.395. The van der Waals surface area contributed by atoms with E-state index in [2.05, 4.69) is 0 Å². The third kappa shape index (κ3) is 1.85. The van der Waals surface area contributed by atoms with Gasteiger partial charge in [0.1, 0.15) is 0 Å². The minimum absolute atomic E-state index is 0.00782. The van der Waals surface area contributed by atoms with Gasteiger partial charge in [0.05, 0.1) is 0 Å². The predicted molar refractivity (Wildman–Crippen MR) is 49.8 cm³/mol. The number of phenols is 1. The van der Waals surface area contributed by atoms with Gasteiger partial charge in [0.2, 0.25) is 5.82 Å². The molecule has 1 aromatic carbocycles. The summed E-state index contributed by atoms with van der Waals surface area (Å²) >= 11 is 0. The summed E-state index contributed by atoms with van der Waals surface area (Å²) in [5.74, 6) is -2.99. The summed E-state index contributed by atoms with van der Waals surface area (Å²) < 4.78 is 26.2. The van der Waals surface area contributed by atoms with E-state index in [-0.39, 0.29) is 11.5 Å². The molecule has 0 radical (unpaired) electrons. The monoisotopic (exact) mass is 201 g/mol. The fourth-order valence-electron chi connectivity index (χ4n) is 1.17. The van der Waals surface area contributed by atoms with Gasteiger partial charge in [-0.05, 0) is 12.0 Å². The molecule has 0 saturated carbocycles. The van der Waals surface area contributed by atoms with E-state index in [0.717, 1.165) is 6.07 Å². The summed E-state index contributed by atoms with van der Waals surface area (Å²) in [6.45, 7) is 3.63. The molecule has 1 unspecified atom stereocenters. The maximum absolute atomic E-state index is 13.3. The summed E-state index contributed by atoms with van der Waals surface area (Å²) in [6.07, 6.45) is 0. The number of halogens is 2. The highest BCUT2D eigenvalue weighted by Gasteiger charge is 2.19. The second-order valence-corrected chi connectivity index (χ2v) is 3.57. The summed E-state index contributed by atoms with van der Waals surface area (Å²) in [5, 5.41) is 8.89. The van der Waals surface area contributed by atoms with Crippen LogP contribution >= 0.6 is 0 Å². The summed E-state index contributed by atoms with van der Waals surface area (Å²) in [5.41, 5.74) is 5.76. The van der Waals surface area contributed by atoms with Crippen LogP contribution in [-0.2, 0) is 0 Å². The molecule has 0 spiro atoms. The van der Waals surface area contributed by atoms with Crippen molar-refractivity contribution in [3.05, 3.63) is 29.3 Å². The Hall–Kier alpha value is -1.16. The average molecular weight is 201 g/mol. The minimum Gasteiger partial charge on any atom is -0.505 e. The van der Waals surface area contributed by atoms with E-state index in [1.807, 2.05) is 13.8 Å². The number of rotatable bonds is 2. The Kier molecular flexibility index (Phi) is 3.06. The van der Waals surface area contributed by atoms with Gasteiger partial charge in [-0.3, -0.25) is 0 Å². The number of phenolic OH excluding ortho intramolecular Hbond substituents is 1. The van der Waals surface area contributed by atoms with Gasteiger partial charge in [0.25, 0.3) is 0 Å². The molecule has 0 saturated heterocycles. The Balaban J connectivity index is 3.17. The van der Waals surface area contributed by atoms with Gasteiger partial charge in [-0.15, -0.1) is 0 Å². The van der Waals surface area contributed by atoms with Crippen molar-refractivity contribution in [3.63, 3.8) is 0 Å². The molecular formula is C10H13F2NO. The quantitative estimate of drug-likeness (QED) is 0.771. The predicted octanol–water partition coefficient (Wildman–Crippen LogP) is 2.33. The van der Waals surface area contributed by atoms with Gasteiger partial charge < -0.3 is 10.8 Å². The van der Waals surface area contributed by atoms with E-state index in [0.29, 0.717) is 0 Å². The molecule has 0 aliphatic rings. The third-order valence-corrected chi connectivity index (χ3v) is 2.17. The summed E-state index contributed by atoms with van der Waals surface area (Å²) in [6, 6.07) is 1.85. The first kappa shape index (κ1) is 10.9. The molecule has 2 nitrogen and oxygen atoms in total. The van der Waals surface area contributed by atoms with E-state index >= 15 is 0 Å². The molecule has 0 heterocycles. The summed E-state index contributed by atoms with van der Waals surface area (Å²) in [4.78, 5) is 0. The van der Waals surface area contributed by atoms with Crippen LogP contribution in [0, 0.1) is 17.6 Å². The zero-order valence-corrected chi connectivity index (χ0v) is 8.09. The van der Waals surface area contributed by atoms with Crippen molar-refractivity contribution < 1.29 is 13.9 Å². The van der Waals surface area contributed by atoms with Crippen LogP contribution in [0.25, 0.3) is 0 Å². The first-order valence-corrected chi connectivity index (χ1v) is 4.37. The van der Waals surface area contributed by atoms with Crippen LogP contribution in [-0.4, -0.2) is 5.11 Å². The van der Waals surface area contributed by atoms with Crippen LogP contribution in [0.15, 0.2) is 12.1 Å². The molecule has 0 fully saturated rings. The Labute approximate surface area is 81.4 Å². The normalized spacial score (nSPS) is 13.3. The van der Waals surface area contributed by atoms with Crippen LogP contribution in [0.2, 0.25) is 0 Å². The Bertz CT molecular complexity index is 339. The minimum atomic E-state index is -1.24. The SMILES string of the molecule is CC(C)C(N)c1ccc(O)c(F)c1F. The first-order valence-electron chi connectivity index (χ1n) is 4.37. The molecule has 78 valence electrons. The molecule has 3 N–H and O–H groups in total. The van der Waals surface area contributed by atoms with E-state index in [9.17, 15) is 8.78 Å². The van der Waals surface area contributed by atoms with Crippen LogP contribution < -0.4 is 5.73 Å². The second-order valence-electron chi connectivity index (χ2n) is 3.57. The molecule has 1 atom stereocenters. The van der Waals surface area contributed by atoms with E-state index < -0.39 is 23.4 Å². The van der Waals surface area contributed by atoms with Crippen molar-refractivity contribution in [2.75, 3.05) is 0 Å². The highest BCUT2D eigenvalue weighted by Crippen LogP contribution is 2.27. The topological polar surface area (TPSA) is 46.2 Å². The Morgan fingerprint density at radius 3 is 2.29 bits per heavy atom. The first-order chi connectivity index (χ1) is 6.45. The standard InChI is InChI=1S/C10H13F2NO/c1-5(2)10(13)6-3-4-7(14)9(12)8(6)11/h3-5,10,14H,13H2,1-2H3. The van der Waals surface area contributed by atoms with Gasteiger partial charge in [-0.2, -0.15) is 4.39 Å². The maximum atomic E-state index is 13.3. The van der Waals surface area contributed by atoms with Crippen LogP contribution in [0.4, 0.5) is 8.78 Å². The molecule has 14 heavy (non-hydrogen) atoms. The second kappa shape index (κ2) is 3.92. The fraction of sp³-hybridized carbons (Fsp3) is 0.400. The molecule has 0 bridgehead atoms. The van der Waals surface area contributed by atoms with Crippen LogP contribution in [0.5, 0.6) is 5.75 Å². The number of hydrogen-bond acceptors (Lipinski definition) is 2. The van der Waals surface area contributed by atoms with E-state index in [1.54, 1.807) is 0 Å². The number of benzene rings is 1. The summed E-state index contributed by atoms with van der Waals surface area (Å²) in [7, 11) is 0. The van der Waals surface area contributed by atoms with Gasteiger partial charge in [-0.1, -0.05) is 19.9 Å². The lowest BCUT2D eigenvalue weighted by Gasteiger charge is -2.17. The average Bonchev–Trinajstić information content (AvgIpc) is 2.13. The fourth-order valence-corrected chi connectivity index (χ4v) is 1.17. The van der Waals surface area contributed by atoms with Gasteiger partial charge in [0.15, 0.2) is 11.6 Å². The molecule has 0 aromatic heterocycles. The number of aromatic hydroxyl groups is 1. The van der Waals surface area contributed by atoms with Crippen molar-refractivity contribution in [2.45, 2.75) is 19.9 Å². The highest BCUT2D eigenvalue weighted by atomic mass is 19.2. The molecule has 1 rings (SSSR count). The van der Waals surface area contributed by atoms with Gasteiger partial charge in [-0.25, -0.2) is 4.39 Å². The van der Waals surface area contributed by atoms with Gasteiger partial charge >= 0.3 is 0 Å². The Morgan fingerprint density at radius 2 is 1.79 bits per heavy atom. The highest BCUT2D eigenvalue weighted by molar-refractivity contribution is 5.31. The number of nitrogens with two attached hydrogens (primary N) is 1. The van der Waals surface area contributed by atoms with E-state index in [1.165, 1.54) is 6.07 Å². The molecule has 0 aliphatic heterocycles. The number of hydrogen-bond donors (Lipinski definition) is 2. The third-order valence-electron chi connectivity index (χ3n) is 2.17. The molecular weight excluding hydrogens is 188 g/mol. The van der Waals surface area contributed by atoms with Crippen molar-refractivity contribution in [3.8, 4) is 5.75 Å². The smallest absolute Gasteiger partial charge is 0.200 e. The Morgan fingerprint density at radius 1 is 1.21 bits per heavy atom. The molecule has 0 amide bonds. The largest absolute Gasteiger partial charge is 0.505 e. The van der Waals surface area contributed by atoms with E-state index in [4.69, 9.17) is 10.8 Å². The van der Waals surface area contributed by atoms with Crippen molar-refractivity contribution in [2.24, 2.45) is 11.7 Å². The molecule has 0 aliphatic carbocycles. The zero-order valence-electron chi connectivity index (χ0n) is 8.09. The lowest BCUT2D eigenvalue weighted by atomic mass is 9.96. The van der Waals surface area contributed by atoms with Crippen molar-refractivity contribution in [1.82, 2.24) is 0 Å². The lowest BCUT2D eigenvalue weighted by Crippen LogP contribution is -2.18. The van der Waals surface area contributed by atoms with Crippen LogP contribution in [0.1, 0.15) is 25.5 Å². The van der Waals surface area contributed by atoms with Crippen molar-refractivity contribution >= 4 is 0 Å². The molecule has 1 aromatic rings.